The highest BCUT2D eigenvalue weighted by Gasteiger charge is 2.06. The third-order valence-corrected chi connectivity index (χ3v) is 3.00. The fraction of sp³-hybridized carbons (Fsp3) is 0. The van der Waals surface area contributed by atoms with Crippen LogP contribution in [0.5, 0.6) is 17.2 Å². The maximum absolute atomic E-state index is 9.52. The molecule has 3 nitrogen and oxygen atoms in total. The Morgan fingerprint density at radius 1 is 0.812 bits per heavy atom. The van der Waals surface area contributed by atoms with Gasteiger partial charge in [0.25, 0.3) is 0 Å². The number of hydrogen-bond acceptors (Lipinski definition) is 3. The smallest absolute Gasteiger partial charge is 0.355 e. The predicted molar refractivity (Wildman–Crippen MR) is 62.2 cm³/mol. The highest BCUT2D eigenvalue weighted by atomic mass is 28.2. The molecule has 0 spiro atoms. The number of benzene rings is 2. The Kier molecular flexibility index (Phi) is 3.12. The van der Waals surface area contributed by atoms with Gasteiger partial charge < -0.3 is 14.6 Å². The average molecular weight is 230 g/mol. The first kappa shape index (κ1) is 10.6. The summed E-state index contributed by atoms with van der Waals surface area (Å²) in [7, 11) is -0.0329. The number of phenols is 2. The van der Waals surface area contributed by atoms with Gasteiger partial charge in [-0.3, -0.25) is 0 Å². The van der Waals surface area contributed by atoms with Crippen LogP contribution in [-0.2, 0) is 0 Å². The summed E-state index contributed by atoms with van der Waals surface area (Å²) in [5, 5.41) is 19.7. The standard InChI is InChI=1S/C12H10O3Si/c13-9-5-1-3-7-11(9)15-16-12-8-4-2-6-10(12)14/h1-8,13-14H. The SMILES string of the molecule is Oc1ccccc1O[Si]c1ccccc1O. The lowest BCUT2D eigenvalue weighted by Gasteiger charge is -2.07. The van der Waals surface area contributed by atoms with Crippen LogP contribution in [-0.4, -0.2) is 20.0 Å². The van der Waals surface area contributed by atoms with E-state index in [1.807, 2.05) is 6.07 Å². The van der Waals surface area contributed by atoms with Crippen molar-refractivity contribution < 1.29 is 14.6 Å². The minimum atomic E-state index is -0.0329. The van der Waals surface area contributed by atoms with Crippen molar-refractivity contribution in [2.24, 2.45) is 0 Å². The van der Waals surface area contributed by atoms with Crippen LogP contribution in [0.4, 0.5) is 0 Å². The Hall–Kier alpha value is -1.94. The van der Waals surface area contributed by atoms with Crippen molar-refractivity contribution in [1.29, 1.82) is 0 Å². The van der Waals surface area contributed by atoms with Crippen LogP contribution in [0.25, 0.3) is 0 Å². The number of para-hydroxylation sites is 3. The number of aromatic hydroxyl groups is 2. The van der Waals surface area contributed by atoms with E-state index in [1.165, 1.54) is 0 Å². The lowest BCUT2D eigenvalue weighted by atomic mass is 10.3. The van der Waals surface area contributed by atoms with Gasteiger partial charge in [0.05, 0.1) is 0 Å². The van der Waals surface area contributed by atoms with E-state index in [0.717, 1.165) is 0 Å². The molecular weight excluding hydrogens is 220 g/mol. The van der Waals surface area contributed by atoms with Gasteiger partial charge in [-0.05, 0) is 18.2 Å². The van der Waals surface area contributed by atoms with Gasteiger partial charge in [0, 0.05) is 5.19 Å². The molecule has 0 aliphatic rings. The normalized spacial score (nSPS) is 10.0. The summed E-state index contributed by atoms with van der Waals surface area (Å²) in [5.41, 5.74) is 0. The lowest BCUT2D eigenvalue weighted by Crippen LogP contribution is -2.20. The first-order valence-electron chi connectivity index (χ1n) is 4.76. The zero-order valence-corrected chi connectivity index (χ0v) is 9.42. The number of phenolic OH excluding ortho intramolecular Hbond substituents is 2. The molecule has 2 radical (unpaired) electrons. The molecule has 2 N–H and O–H groups in total. The Morgan fingerprint density at radius 3 is 2.12 bits per heavy atom. The summed E-state index contributed by atoms with van der Waals surface area (Å²) < 4.78 is 5.42. The number of hydrogen-bond donors (Lipinski definition) is 2. The largest absolute Gasteiger partial charge is 0.533 e. The van der Waals surface area contributed by atoms with Crippen LogP contribution in [0.15, 0.2) is 48.5 Å². The zero-order chi connectivity index (χ0) is 11.4. The highest BCUT2D eigenvalue weighted by Crippen LogP contribution is 2.23. The fourth-order valence-electron chi connectivity index (χ4n) is 1.21. The molecule has 0 bridgehead atoms. The van der Waals surface area contributed by atoms with Gasteiger partial charge in [0.1, 0.15) is 11.5 Å². The zero-order valence-electron chi connectivity index (χ0n) is 8.42. The first-order valence-corrected chi connectivity index (χ1v) is 5.67. The van der Waals surface area contributed by atoms with Crippen LogP contribution in [0, 0.1) is 0 Å². The molecule has 80 valence electrons. The van der Waals surface area contributed by atoms with Crippen LogP contribution < -0.4 is 9.61 Å². The summed E-state index contributed by atoms with van der Waals surface area (Å²) in [5.74, 6) is 0.728. The highest BCUT2D eigenvalue weighted by molar-refractivity contribution is 6.49. The van der Waals surface area contributed by atoms with Gasteiger partial charge in [-0.2, -0.15) is 0 Å². The second-order valence-electron chi connectivity index (χ2n) is 3.19. The lowest BCUT2D eigenvalue weighted by molar-refractivity contribution is 0.443. The molecule has 0 atom stereocenters. The van der Waals surface area contributed by atoms with E-state index in [4.69, 9.17) is 4.43 Å². The van der Waals surface area contributed by atoms with E-state index >= 15 is 0 Å². The van der Waals surface area contributed by atoms with Crippen LogP contribution >= 0.6 is 0 Å². The maximum Gasteiger partial charge on any atom is 0.355 e. The summed E-state index contributed by atoms with van der Waals surface area (Å²) in [6.07, 6.45) is 0. The quantitative estimate of drug-likeness (QED) is 0.784. The molecule has 2 aromatic rings. The molecule has 2 aromatic carbocycles. The molecule has 2 rings (SSSR count). The van der Waals surface area contributed by atoms with Crippen molar-refractivity contribution in [3.63, 3.8) is 0 Å². The molecule has 0 unspecified atom stereocenters. The van der Waals surface area contributed by atoms with E-state index < -0.39 is 0 Å². The third-order valence-electron chi connectivity index (χ3n) is 2.04. The minimum absolute atomic E-state index is 0.0329. The van der Waals surface area contributed by atoms with Crippen LogP contribution in [0.2, 0.25) is 0 Å². The van der Waals surface area contributed by atoms with Crippen molar-refractivity contribution in [3.8, 4) is 17.2 Å². The van der Waals surface area contributed by atoms with E-state index in [9.17, 15) is 10.2 Å². The summed E-state index contributed by atoms with van der Waals surface area (Å²) in [6.45, 7) is 0. The monoisotopic (exact) mass is 230 g/mol. The van der Waals surface area contributed by atoms with Gasteiger partial charge in [-0.1, -0.05) is 30.3 Å². The van der Waals surface area contributed by atoms with Crippen molar-refractivity contribution in [3.05, 3.63) is 48.5 Å². The maximum atomic E-state index is 9.52. The average Bonchev–Trinajstić information content (AvgIpc) is 2.30. The van der Waals surface area contributed by atoms with Gasteiger partial charge in [0.15, 0.2) is 5.75 Å². The van der Waals surface area contributed by atoms with E-state index in [2.05, 4.69) is 0 Å². The molecule has 0 aromatic heterocycles. The van der Waals surface area contributed by atoms with Crippen LogP contribution in [0.3, 0.4) is 0 Å². The van der Waals surface area contributed by atoms with Gasteiger partial charge in [-0.15, -0.1) is 0 Å². The molecule has 0 aliphatic carbocycles. The molecule has 16 heavy (non-hydrogen) atoms. The molecule has 0 aliphatic heterocycles. The van der Waals surface area contributed by atoms with E-state index in [0.29, 0.717) is 10.9 Å². The topological polar surface area (TPSA) is 49.7 Å². The Bertz CT molecular complexity index is 440. The van der Waals surface area contributed by atoms with Crippen molar-refractivity contribution >= 4 is 14.9 Å². The fourth-order valence-corrected chi connectivity index (χ4v) is 1.96. The van der Waals surface area contributed by atoms with Gasteiger partial charge in [0.2, 0.25) is 0 Å². The Balaban J connectivity index is 2.09. The molecule has 0 amide bonds. The molecular formula is C12H10O3Si. The Morgan fingerprint density at radius 2 is 1.44 bits per heavy atom. The molecule has 0 heterocycles. The summed E-state index contributed by atoms with van der Waals surface area (Å²) in [6, 6.07) is 13.7. The minimum Gasteiger partial charge on any atom is -0.533 e. The van der Waals surface area contributed by atoms with Crippen LogP contribution in [0.1, 0.15) is 0 Å². The van der Waals surface area contributed by atoms with Gasteiger partial charge in [-0.25, -0.2) is 0 Å². The van der Waals surface area contributed by atoms with Crippen molar-refractivity contribution in [2.45, 2.75) is 0 Å². The molecule has 4 heteroatoms. The summed E-state index contributed by atoms with van der Waals surface area (Å²) in [4.78, 5) is 0. The summed E-state index contributed by atoms with van der Waals surface area (Å²) >= 11 is 0. The molecule has 0 saturated carbocycles. The van der Waals surface area contributed by atoms with Crippen molar-refractivity contribution in [2.75, 3.05) is 0 Å². The number of rotatable bonds is 3. The van der Waals surface area contributed by atoms with Crippen molar-refractivity contribution in [1.82, 2.24) is 0 Å². The third kappa shape index (κ3) is 2.35. The molecule has 0 saturated heterocycles. The first-order chi connectivity index (χ1) is 7.77. The second kappa shape index (κ2) is 4.72. The second-order valence-corrected chi connectivity index (χ2v) is 4.14. The van der Waals surface area contributed by atoms with Gasteiger partial charge >= 0.3 is 9.76 Å². The van der Waals surface area contributed by atoms with E-state index in [-0.39, 0.29) is 21.3 Å². The van der Waals surface area contributed by atoms with E-state index in [1.54, 1.807) is 42.5 Å². The molecule has 0 fully saturated rings. The Labute approximate surface area is 95.9 Å². The predicted octanol–water partition coefficient (Wildman–Crippen LogP) is 1.42.